The smallest absolute Gasteiger partial charge is 0.177 e. The minimum absolute atomic E-state index is 0.197. The Morgan fingerprint density at radius 3 is 2.44 bits per heavy atom. The van der Waals surface area contributed by atoms with Gasteiger partial charge in [-0.15, -0.1) is 11.8 Å². The van der Waals surface area contributed by atoms with Gasteiger partial charge < -0.3 is 0 Å². The quantitative estimate of drug-likeness (QED) is 0.653. The minimum Gasteiger partial charge on any atom is -0.236 e. The van der Waals surface area contributed by atoms with Crippen LogP contribution in [0.25, 0.3) is 17.1 Å². The Labute approximate surface area is 152 Å². The Kier molecular flexibility index (Phi) is 4.71. The summed E-state index contributed by atoms with van der Waals surface area (Å²) in [5.74, 6) is 0.590. The lowest BCUT2D eigenvalue weighted by Gasteiger charge is -2.09. The summed E-state index contributed by atoms with van der Waals surface area (Å²) < 4.78 is 25.1. The number of aromatic nitrogens is 3. The maximum absolute atomic E-state index is 11.6. The molecule has 0 amide bonds. The molecule has 5 nitrogen and oxygen atoms in total. The van der Waals surface area contributed by atoms with Gasteiger partial charge in [0.1, 0.15) is 5.03 Å². The molecular formula is C18H19N3O2S2. The Bertz CT molecular complexity index is 1020. The van der Waals surface area contributed by atoms with Gasteiger partial charge in [-0.05, 0) is 38.3 Å². The summed E-state index contributed by atoms with van der Waals surface area (Å²) in [4.78, 5) is 4.52. The lowest BCUT2D eigenvalue weighted by molar-refractivity contribution is 0.601. The molecule has 0 aliphatic carbocycles. The highest BCUT2D eigenvalue weighted by Crippen LogP contribution is 2.32. The first-order valence-electron chi connectivity index (χ1n) is 7.68. The van der Waals surface area contributed by atoms with Crippen LogP contribution in [0.15, 0.2) is 52.5 Å². The fraction of sp³-hybridized carbons (Fsp3) is 0.222. The molecule has 0 aliphatic rings. The van der Waals surface area contributed by atoms with Crippen LogP contribution in [-0.2, 0) is 9.84 Å². The van der Waals surface area contributed by atoms with E-state index in [1.165, 1.54) is 12.5 Å². The van der Waals surface area contributed by atoms with Gasteiger partial charge in [-0.25, -0.2) is 18.1 Å². The van der Waals surface area contributed by atoms with E-state index in [2.05, 4.69) is 16.1 Å². The predicted octanol–water partition coefficient (Wildman–Crippen LogP) is 3.68. The van der Waals surface area contributed by atoms with E-state index in [4.69, 9.17) is 0 Å². The number of rotatable bonds is 4. The second kappa shape index (κ2) is 6.65. The fourth-order valence-corrected chi connectivity index (χ4v) is 3.81. The topological polar surface area (TPSA) is 64.8 Å². The molecule has 0 atom stereocenters. The van der Waals surface area contributed by atoms with Crippen molar-refractivity contribution in [2.45, 2.75) is 23.8 Å². The summed E-state index contributed by atoms with van der Waals surface area (Å²) in [6.07, 6.45) is 4.53. The molecule has 7 heteroatoms. The summed E-state index contributed by atoms with van der Waals surface area (Å²) in [5.41, 5.74) is 4.26. The Morgan fingerprint density at radius 1 is 1.12 bits per heavy atom. The number of aryl methyl sites for hydroxylation is 1. The molecule has 3 aromatic rings. The van der Waals surface area contributed by atoms with Gasteiger partial charge in [0.25, 0.3) is 0 Å². The van der Waals surface area contributed by atoms with Gasteiger partial charge in [-0.2, -0.15) is 5.10 Å². The molecule has 0 bridgehead atoms. The Hall–Kier alpha value is -2.12. The van der Waals surface area contributed by atoms with Crippen molar-refractivity contribution < 1.29 is 8.42 Å². The molecule has 0 aliphatic heterocycles. The lowest BCUT2D eigenvalue weighted by atomic mass is 10.1. The number of sulfone groups is 1. The standard InChI is InChI=1S/C18H19N3O2S2/c1-12-6-5-7-14(10-12)17-13(2)18(24-3)20-21(17)16-9-8-15(11-19-16)25(4,22)23/h5-11H,1-4H3. The third-order valence-corrected chi connectivity index (χ3v) is 5.80. The van der Waals surface area contributed by atoms with Gasteiger partial charge in [-0.3, -0.25) is 0 Å². The Balaban J connectivity index is 2.19. The summed E-state index contributed by atoms with van der Waals surface area (Å²) in [5, 5.41) is 5.59. The number of hydrogen-bond acceptors (Lipinski definition) is 5. The molecule has 3 rings (SSSR count). The molecule has 0 saturated carbocycles. The first-order chi connectivity index (χ1) is 11.8. The van der Waals surface area contributed by atoms with Crippen LogP contribution in [0.3, 0.4) is 0 Å². The third-order valence-electron chi connectivity index (χ3n) is 3.93. The fourth-order valence-electron chi connectivity index (χ4n) is 2.68. The molecule has 0 unspecified atom stereocenters. The van der Waals surface area contributed by atoms with Crippen LogP contribution >= 0.6 is 11.8 Å². The van der Waals surface area contributed by atoms with Crippen molar-refractivity contribution in [2.75, 3.05) is 12.5 Å². The van der Waals surface area contributed by atoms with Crippen molar-refractivity contribution in [1.29, 1.82) is 0 Å². The number of thioether (sulfide) groups is 1. The van der Waals surface area contributed by atoms with E-state index in [0.29, 0.717) is 5.82 Å². The molecule has 130 valence electrons. The van der Waals surface area contributed by atoms with Crippen molar-refractivity contribution in [2.24, 2.45) is 0 Å². The zero-order valence-corrected chi connectivity index (χ0v) is 16.1. The average molecular weight is 374 g/mol. The zero-order valence-electron chi connectivity index (χ0n) is 14.5. The lowest BCUT2D eigenvalue weighted by Crippen LogP contribution is -2.04. The van der Waals surface area contributed by atoms with Crippen LogP contribution in [0.5, 0.6) is 0 Å². The molecule has 2 heterocycles. The number of hydrogen-bond donors (Lipinski definition) is 0. The van der Waals surface area contributed by atoms with Crippen molar-refractivity contribution in [3.8, 4) is 17.1 Å². The monoisotopic (exact) mass is 373 g/mol. The second-order valence-corrected chi connectivity index (χ2v) is 8.70. The van der Waals surface area contributed by atoms with Crippen LogP contribution in [-0.4, -0.2) is 35.7 Å². The van der Waals surface area contributed by atoms with Crippen LogP contribution in [0.1, 0.15) is 11.1 Å². The van der Waals surface area contributed by atoms with Gasteiger partial charge in [0.2, 0.25) is 0 Å². The SMILES string of the molecule is CSc1nn(-c2ccc(S(C)(=O)=O)cn2)c(-c2cccc(C)c2)c1C. The van der Waals surface area contributed by atoms with E-state index in [0.717, 1.165) is 27.4 Å². The van der Waals surface area contributed by atoms with Crippen LogP contribution in [0.4, 0.5) is 0 Å². The van der Waals surface area contributed by atoms with Gasteiger partial charge in [0, 0.05) is 23.6 Å². The van der Waals surface area contributed by atoms with E-state index >= 15 is 0 Å². The molecule has 2 aromatic heterocycles. The molecule has 0 fully saturated rings. The summed E-state index contributed by atoms with van der Waals surface area (Å²) in [6, 6.07) is 11.5. The summed E-state index contributed by atoms with van der Waals surface area (Å²) in [7, 11) is -3.27. The average Bonchev–Trinajstić information content (AvgIpc) is 2.91. The zero-order chi connectivity index (χ0) is 18.2. The maximum Gasteiger partial charge on any atom is 0.177 e. The van der Waals surface area contributed by atoms with Crippen LogP contribution < -0.4 is 0 Å². The van der Waals surface area contributed by atoms with Gasteiger partial charge in [-0.1, -0.05) is 23.8 Å². The van der Waals surface area contributed by atoms with Crippen molar-refractivity contribution >= 4 is 21.6 Å². The largest absolute Gasteiger partial charge is 0.236 e. The van der Waals surface area contributed by atoms with E-state index in [9.17, 15) is 8.42 Å². The highest BCUT2D eigenvalue weighted by atomic mass is 32.2. The van der Waals surface area contributed by atoms with Crippen molar-refractivity contribution in [3.05, 3.63) is 53.7 Å². The van der Waals surface area contributed by atoms with Gasteiger partial charge in [0.05, 0.1) is 10.6 Å². The van der Waals surface area contributed by atoms with E-state index in [-0.39, 0.29) is 4.90 Å². The van der Waals surface area contributed by atoms with Crippen LogP contribution in [0, 0.1) is 13.8 Å². The number of benzene rings is 1. The first kappa shape index (κ1) is 17.7. The molecule has 0 spiro atoms. The second-order valence-electron chi connectivity index (χ2n) is 5.89. The number of nitrogens with zero attached hydrogens (tertiary/aromatic N) is 3. The first-order valence-corrected chi connectivity index (χ1v) is 10.8. The normalized spacial score (nSPS) is 11.7. The number of pyridine rings is 1. The van der Waals surface area contributed by atoms with E-state index in [1.54, 1.807) is 28.6 Å². The van der Waals surface area contributed by atoms with Gasteiger partial charge in [0.15, 0.2) is 15.7 Å². The summed E-state index contributed by atoms with van der Waals surface area (Å²) in [6.45, 7) is 4.09. The molecule has 0 N–H and O–H groups in total. The molecule has 0 saturated heterocycles. The molecule has 1 aromatic carbocycles. The van der Waals surface area contributed by atoms with Crippen LogP contribution in [0.2, 0.25) is 0 Å². The van der Waals surface area contributed by atoms with E-state index in [1.807, 2.05) is 38.3 Å². The molecular weight excluding hydrogens is 354 g/mol. The van der Waals surface area contributed by atoms with Crippen molar-refractivity contribution in [1.82, 2.24) is 14.8 Å². The highest BCUT2D eigenvalue weighted by Gasteiger charge is 2.18. The summed E-state index contributed by atoms with van der Waals surface area (Å²) >= 11 is 1.58. The maximum atomic E-state index is 11.6. The molecule has 25 heavy (non-hydrogen) atoms. The van der Waals surface area contributed by atoms with E-state index < -0.39 is 9.84 Å². The third kappa shape index (κ3) is 3.48. The van der Waals surface area contributed by atoms with Crippen molar-refractivity contribution in [3.63, 3.8) is 0 Å². The molecule has 0 radical (unpaired) electrons. The highest BCUT2D eigenvalue weighted by molar-refractivity contribution is 7.98. The predicted molar refractivity (Wildman–Crippen MR) is 101 cm³/mol. The Morgan fingerprint density at radius 2 is 1.88 bits per heavy atom. The minimum atomic E-state index is -3.27. The van der Waals surface area contributed by atoms with Gasteiger partial charge >= 0.3 is 0 Å².